The Kier molecular flexibility index (Phi) is 4.71. The molecule has 0 spiro atoms. The monoisotopic (exact) mass is 365 g/mol. The molecule has 2 rings (SSSR count). The van der Waals surface area contributed by atoms with Gasteiger partial charge in [-0.3, -0.25) is 4.79 Å². The second-order valence-corrected chi connectivity index (χ2v) is 5.97. The van der Waals surface area contributed by atoms with Gasteiger partial charge in [0.05, 0.1) is 6.54 Å². The molecule has 0 aliphatic carbocycles. The van der Waals surface area contributed by atoms with Crippen molar-refractivity contribution < 1.29 is 19.1 Å². The van der Waals surface area contributed by atoms with Crippen LogP contribution in [0.5, 0.6) is 0 Å². The molecule has 0 unspecified atom stereocenters. The number of carboxylic acids is 1. The minimum Gasteiger partial charge on any atom is -0.478 e. The molecule has 0 fully saturated rings. The van der Waals surface area contributed by atoms with E-state index in [-0.39, 0.29) is 18.0 Å². The summed E-state index contributed by atoms with van der Waals surface area (Å²) < 4.78 is 6.34. The van der Waals surface area contributed by atoms with Gasteiger partial charge in [-0.1, -0.05) is 15.9 Å². The van der Waals surface area contributed by atoms with Crippen LogP contribution in [0.4, 0.5) is 0 Å². The molecule has 0 aliphatic rings. The van der Waals surface area contributed by atoms with Crippen LogP contribution in [0.2, 0.25) is 0 Å². The maximum absolute atomic E-state index is 12.4. The molecule has 0 bridgehead atoms. The number of hydrogen-bond donors (Lipinski definition) is 1. The van der Waals surface area contributed by atoms with Gasteiger partial charge in [-0.25, -0.2) is 4.79 Å². The van der Waals surface area contributed by atoms with Gasteiger partial charge in [0.1, 0.15) is 17.1 Å². The Morgan fingerprint density at radius 1 is 1.27 bits per heavy atom. The van der Waals surface area contributed by atoms with Crippen molar-refractivity contribution in [1.82, 2.24) is 4.90 Å². The summed E-state index contributed by atoms with van der Waals surface area (Å²) in [5.74, 6) is -0.408. The second-order valence-electron chi connectivity index (χ2n) is 5.11. The highest BCUT2D eigenvalue weighted by atomic mass is 79.9. The average molecular weight is 366 g/mol. The van der Waals surface area contributed by atoms with Crippen LogP contribution in [0, 0.1) is 13.8 Å². The van der Waals surface area contributed by atoms with Gasteiger partial charge < -0.3 is 14.4 Å². The lowest BCUT2D eigenvalue weighted by Gasteiger charge is -2.16. The first-order chi connectivity index (χ1) is 10.3. The molecule has 1 heterocycles. The molecule has 0 atom stereocenters. The number of hydrogen-bond acceptors (Lipinski definition) is 3. The van der Waals surface area contributed by atoms with Crippen molar-refractivity contribution in [2.45, 2.75) is 20.4 Å². The van der Waals surface area contributed by atoms with Gasteiger partial charge in [0.25, 0.3) is 5.91 Å². The van der Waals surface area contributed by atoms with Gasteiger partial charge in [0, 0.05) is 17.1 Å². The summed E-state index contributed by atoms with van der Waals surface area (Å²) >= 11 is 3.40. The standard InChI is InChI=1S/C16H16BrNO4/c1-9-6-11(4-5-14(9)17)15(19)18(3)8-12-7-13(16(20)21)10(2)22-12/h4-7H,8H2,1-3H3,(H,20,21). The molecule has 0 aliphatic heterocycles. The zero-order valence-corrected chi connectivity index (χ0v) is 14.1. The van der Waals surface area contributed by atoms with E-state index >= 15 is 0 Å². The van der Waals surface area contributed by atoms with E-state index in [0.29, 0.717) is 17.1 Å². The van der Waals surface area contributed by atoms with Crippen molar-refractivity contribution in [3.63, 3.8) is 0 Å². The first-order valence-electron chi connectivity index (χ1n) is 6.64. The lowest BCUT2D eigenvalue weighted by atomic mass is 10.1. The number of aromatic carboxylic acids is 1. The van der Waals surface area contributed by atoms with Crippen LogP contribution in [-0.2, 0) is 6.54 Å². The van der Waals surface area contributed by atoms with Gasteiger partial charge in [0.15, 0.2) is 0 Å². The number of carbonyl (C=O) groups is 2. The van der Waals surface area contributed by atoms with Crippen LogP contribution < -0.4 is 0 Å². The summed E-state index contributed by atoms with van der Waals surface area (Å²) in [4.78, 5) is 24.9. The van der Waals surface area contributed by atoms with E-state index in [1.165, 1.54) is 11.0 Å². The lowest BCUT2D eigenvalue weighted by molar-refractivity contribution is 0.0694. The quantitative estimate of drug-likeness (QED) is 0.897. The van der Waals surface area contributed by atoms with Gasteiger partial charge in [-0.2, -0.15) is 0 Å². The highest BCUT2D eigenvalue weighted by molar-refractivity contribution is 9.10. The molecule has 1 aromatic carbocycles. The van der Waals surface area contributed by atoms with Crippen molar-refractivity contribution in [2.75, 3.05) is 7.05 Å². The second kappa shape index (κ2) is 6.36. The molecule has 22 heavy (non-hydrogen) atoms. The SMILES string of the molecule is Cc1cc(C(=O)N(C)Cc2cc(C(=O)O)c(C)o2)ccc1Br. The van der Waals surface area contributed by atoms with Gasteiger partial charge in [0.2, 0.25) is 0 Å². The topological polar surface area (TPSA) is 70.8 Å². The molecule has 1 N–H and O–H groups in total. The summed E-state index contributed by atoms with van der Waals surface area (Å²) in [6.07, 6.45) is 0. The van der Waals surface area contributed by atoms with E-state index in [1.54, 1.807) is 26.1 Å². The Balaban J connectivity index is 2.16. The number of rotatable bonds is 4. The number of carboxylic acid groups (broad SMARTS) is 1. The van der Waals surface area contributed by atoms with Crippen LogP contribution in [0.1, 0.15) is 37.8 Å². The summed E-state index contributed by atoms with van der Waals surface area (Å²) in [5.41, 5.74) is 1.67. The minimum atomic E-state index is -1.04. The summed E-state index contributed by atoms with van der Waals surface area (Å²) in [7, 11) is 1.65. The Labute approximate surface area is 136 Å². The third-order valence-electron chi connectivity index (χ3n) is 3.34. The molecular weight excluding hydrogens is 350 g/mol. The predicted molar refractivity (Wildman–Crippen MR) is 85.1 cm³/mol. The van der Waals surface area contributed by atoms with Crippen LogP contribution in [0.3, 0.4) is 0 Å². The number of nitrogens with zero attached hydrogens (tertiary/aromatic N) is 1. The smallest absolute Gasteiger partial charge is 0.339 e. The lowest BCUT2D eigenvalue weighted by Crippen LogP contribution is -2.26. The summed E-state index contributed by atoms with van der Waals surface area (Å²) in [5, 5.41) is 9.01. The minimum absolute atomic E-state index is 0.121. The van der Waals surface area contributed by atoms with Crippen molar-refractivity contribution in [3.8, 4) is 0 Å². The summed E-state index contributed by atoms with van der Waals surface area (Å²) in [6, 6.07) is 6.83. The third-order valence-corrected chi connectivity index (χ3v) is 4.23. The van der Waals surface area contributed by atoms with Crippen LogP contribution >= 0.6 is 15.9 Å². The van der Waals surface area contributed by atoms with E-state index in [0.717, 1.165) is 10.0 Å². The van der Waals surface area contributed by atoms with E-state index in [9.17, 15) is 9.59 Å². The Morgan fingerprint density at radius 3 is 2.50 bits per heavy atom. The maximum Gasteiger partial charge on any atom is 0.339 e. The number of halogens is 1. The van der Waals surface area contributed by atoms with E-state index in [1.807, 2.05) is 13.0 Å². The van der Waals surface area contributed by atoms with Crippen molar-refractivity contribution in [3.05, 3.63) is 56.9 Å². The fraction of sp³-hybridized carbons (Fsp3) is 0.250. The van der Waals surface area contributed by atoms with Crippen LogP contribution in [0.25, 0.3) is 0 Å². The number of benzene rings is 1. The van der Waals surface area contributed by atoms with Crippen molar-refractivity contribution in [2.24, 2.45) is 0 Å². The van der Waals surface area contributed by atoms with E-state index in [4.69, 9.17) is 9.52 Å². The maximum atomic E-state index is 12.4. The Morgan fingerprint density at radius 2 is 1.95 bits per heavy atom. The number of furan rings is 1. The zero-order valence-electron chi connectivity index (χ0n) is 12.5. The molecule has 1 aromatic heterocycles. The van der Waals surface area contributed by atoms with Gasteiger partial charge >= 0.3 is 5.97 Å². The molecular formula is C16H16BrNO4. The predicted octanol–water partition coefficient (Wildman–Crippen LogP) is 3.63. The first kappa shape index (κ1) is 16.3. The first-order valence-corrected chi connectivity index (χ1v) is 7.43. The van der Waals surface area contributed by atoms with Gasteiger partial charge in [-0.05, 0) is 43.7 Å². The molecule has 5 nitrogen and oxygen atoms in total. The molecule has 2 aromatic rings. The fourth-order valence-corrected chi connectivity index (χ4v) is 2.38. The van der Waals surface area contributed by atoms with Crippen molar-refractivity contribution in [1.29, 1.82) is 0 Å². The van der Waals surface area contributed by atoms with E-state index in [2.05, 4.69) is 15.9 Å². The third kappa shape index (κ3) is 3.39. The number of amides is 1. The molecule has 0 saturated heterocycles. The van der Waals surface area contributed by atoms with E-state index < -0.39 is 5.97 Å². The average Bonchev–Trinajstić information content (AvgIpc) is 2.82. The normalized spacial score (nSPS) is 10.5. The zero-order chi connectivity index (χ0) is 16.4. The summed E-state index contributed by atoms with van der Waals surface area (Å²) in [6.45, 7) is 3.71. The van der Waals surface area contributed by atoms with Crippen LogP contribution in [-0.4, -0.2) is 28.9 Å². The molecule has 0 radical (unpaired) electrons. The van der Waals surface area contributed by atoms with Gasteiger partial charge in [-0.15, -0.1) is 0 Å². The Bertz CT molecular complexity index is 736. The molecule has 116 valence electrons. The Hall–Kier alpha value is -2.08. The highest BCUT2D eigenvalue weighted by Crippen LogP contribution is 2.20. The number of aryl methyl sites for hydroxylation is 2. The highest BCUT2D eigenvalue weighted by Gasteiger charge is 2.18. The largest absolute Gasteiger partial charge is 0.478 e. The number of carbonyl (C=O) groups excluding carboxylic acids is 1. The fourth-order valence-electron chi connectivity index (χ4n) is 2.14. The molecule has 1 amide bonds. The van der Waals surface area contributed by atoms with Crippen LogP contribution in [0.15, 0.2) is 33.2 Å². The molecule has 6 heteroatoms. The van der Waals surface area contributed by atoms with Crippen molar-refractivity contribution >= 4 is 27.8 Å². The molecule has 0 saturated carbocycles.